The zero-order chi connectivity index (χ0) is 11.0. The summed E-state index contributed by atoms with van der Waals surface area (Å²) in [6, 6.07) is 4.06. The van der Waals surface area contributed by atoms with Gasteiger partial charge in [0.2, 0.25) is 0 Å². The SMILES string of the molecule is Cc1c(CN)cc2ccnc(N)c2c1C. The van der Waals surface area contributed by atoms with Crippen LogP contribution in [-0.2, 0) is 6.54 Å². The van der Waals surface area contributed by atoms with E-state index < -0.39 is 0 Å². The first-order chi connectivity index (χ1) is 7.15. The van der Waals surface area contributed by atoms with E-state index in [0.29, 0.717) is 12.4 Å². The van der Waals surface area contributed by atoms with Crippen LogP contribution < -0.4 is 11.5 Å². The number of pyridine rings is 1. The molecule has 0 aliphatic carbocycles. The molecule has 0 amide bonds. The molecule has 0 aliphatic heterocycles. The summed E-state index contributed by atoms with van der Waals surface area (Å²) in [5.41, 5.74) is 15.1. The van der Waals surface area contributed by atoms with Gasteiger partial charge in [0.05, 0.1) is 0 Å². The topological polar surface area (TPSA) is 64.9 Å². The van der Waals surface area contributed by atoms with E-state index in [-0.39, 0.29) is 0 Å². The fourth-order valence-corrected chi connectivity index (χ4v) is 1.96. The van der Waals surface area contributed by atoms with Gasteiger partial charge in [-0.15, -0.1) is 0 Å². The molecule has 4 N–H and O–H groups in total. The van der Waals surface area contributed by atoms with E-state index in [2.05, 4.69) is 24.9 Å². The summed E-state index contributed by atoms with van der Waals surface area (Å²) < 4.78 is 0. The number of anilines is 1. The van der Waals surface area contributed by atoms with Gasteiger partial charge in [0.15, 0.2) is 0 Å². The molecule has 3 heteroatoms. The molecule has 0 saturated heterocycles. The highest BCUT2D eigenvalue weighted by atomic mass is 14.8. The van der Waals surface area contributed by atoms with Crippen LogP contribution in [0.1, 0.15) is 16.7 Å². The summed E-state index contributed by atoms with van der Waals surface area (Å²) in [5.74, 6) is 0.594. The zero-order valence-electron chi connectivity index (χ0n) is 9.04. The average Bonchev–Trinajstić information content (AvgIpc) is 2.23. The number of nitrogens with two attached hydrogens (primary N) is 2. The maximum absolute atomic E-state index is 5.88. The van der Waals surface area contributed by atoms with Crippen molar-refractivity contribution in [2.45, 2.75) is 20.4 Å². The minimum absolute atomic E-state index is 0.560. The Morgan fingerprint density at radius 3 is 2.67 bits per heavy atom. The van der Waals surface area contributed by atoms with Crippen molar-refractivity contribution in [1.82, 2.24) is 4.98 Å². The second kappa shape index (κ2) is 3.51. The number of nitrogen functional groups attached to an aromatic ring is 1. The first kappa shape index (κ1) is 9.93. The van der Waals surface area contributed by atoms with E-state index in [1.54, 1.807) is 6.20 Å². The van der Waals surface area contributed by atoms with Gasteiger partial charge in [-0.2, -0.15) is 0 Å². The lowest BCUT2D eigenvalue weighted by atomic mass is 9.96. The van der Waals surface area contributed by atoms with Gasteiger partial charge in [-0.25, -0.2) is 4.98 Å². The lowest BCUT2D eigenvalue weighted by molar-refractivity contribution is 1.05. The third kappa shape index (κ3) is 1.45. The Morgan fingerprint density at radius 1 is 1.27 bits per heavy atom. The van der Waals surface area contributed by atoms with Gasteiger partial charge in [0.1, 0.15) is 5.82 Å². The predicted octanol–water partition coefficient (Wildman–Crippen LogP) is 1.89. The molecule has 0 aliphatic rings. The van der Waals surface area contributed by atoms with Gasteiger partial charge in [0.25, 0.3) is 0 Å². The summed E-state index contributed by atoms with van der Waals surface area (Å²) in [7, 11) is 0. The second-order valence-corrected chi connectivity index (χ2v) is 3.78. The Morgan fingerprint density at radius 2 is 2.00 bits per heavy atom. The molecule has 1 aromatic carbocycles. The fraction of sp³-hybridized carbons (Fsp3) is 0.250. The Labute approximate surface area is 89.1 Å². The maximum Gasteiger partial charge on any atom is 0.131 e. The molecule has 2 rings (SSSR count). The number of benzene rings is 1. The summed E-state index contributed by atoms with van der Waals surface area (Å²) in [6.07, 6.45) is 1.73. The zero-order valence-corrected chi connectivity index (χ0v) is 9.04. The van der Waals surface area contributed by atoms with Crippen LogP contribution in [0.3, 0.4) is 0 Å². The first-order valence-corrected chi connectivity index (χ1v) is 4.98. The van der Waals surface area contributed by atoms with Crippen molar-refractivity contribution >= 4 is 16.6 Å². The Kier molecular flexibility index (Phi) is 2.32. The van der Waals surface area contributed by atoms with E-state index in [0.717, 1.165) is 10.8 Å². The molecule has 2 aromatic rings. The third-order valence-electron chi connectivity index (χ3n) is 2.98. The lowest BCUT2D eigenvalue weighted by Crippen LogP contribution is -2.02. The van der Waals surface area contributed by atoms with Crippen LogP contribution in [0.25, 0.3) is 10.8 Å². The Hall–Kier alpha value is -1.61. The van der Waals surface area contributed by atoms with Crippen molar-refractivity contribution in [3.05, 3.63) is 35.0 Å². The van der Waals surface area contributed by atoms with Gasteiger partial charge in [0, 0.05) is 18.1 Å². The number of rotatable bonds is 1. The van der Waals surface area contributed by atoms with Crippen molar-refractivity contribution < 1.29 is 0 Å². The van der Waals surface area contributed by atoms with Gasteiger partial charge in [-0.3, -0.25) is 0 Å². The molecule has 0 unspecified atom stereocenters. The maximum atomic E-state index is 5.88. The smallest absolute Gasteiger partial charge is 0.131 e. The number of aromatic nitrogens is 1. The lowest BCUT2D eigenvalue weighted by Gasteiger charge is -2.12. The highest BCUT2D eigenvalue weighted by molar-refractivity contribution is 5.94. The van der Waals surface area contributed by atoms with Crippen LogP contribution in [0, 0.1) is 13.8 Å². The number of fused-ring (bicyclic) bond motifs is 1. The molecule has 78 valence electrons. The summed E-state index contributed by atoms with van der Waals surface area (Å²) in [5, 5.41) is 2.17. The van der Waals surface area contributed by atoms with E-state index in [9.17, 15) is 0 Å². The van der Waals surface area contributed by atoms with Crippen LogP contribution in [0.4, 0.5) is 5.82 Å². The molecule has 0 bridgehead atoms. The Balaban J connectivity index is 2.91. The molecular weight excluding hydrogens is 186 g/mol. The van der Waals surface area contributed by atoms with Gasteiger partial charge < -0.3 is 11.5 Å². The van der Waals surface area contributed by atoms with E-state index >= 15 is 0 Å². The Bertz CT molecular complexity index is 518. The van der Waals surface area contributed by atoms with Gasteiger partial charge in [-0.05, 0) is 48.1 Å². The fourth-order valence-electron chi connectivity index (χ4n) is 1.96. The van der Waals surface area contributed by atoms with E-state index in [1.165, 1.54) is 16.7 Å². The predicted molar refractivity (Wildman–Crippen MR) is 63.5 cm³/mol. The molecule has 0 spiro atoms. The van der Waals surface area contributed by atoms with Crippen LogP contribution in [0.5, 0.6) is 0 Å². The number of nitrogens with zero attached hydrogens (tertiary/aromatic N) is 1. The van der Waals surface area contributed by atoms with E-state index in [1.807, 2.05) is 6.07 Å². The molecule has 1 heterocycles. The van der Waals surface area contributed by atoms with Crippen molar-refractivity contribution in [3.8, 4) is 0 Å². The molecule has 0 radical (unpaired) electrons. The highest BCUT2D eigenvalue weighted by Crippen LogP contribution is 2.27. The normalized spacial score (nSPS) is 10.9. The molecule has 0 saturated carbocycles. The van der Waals surface area contributed by atoms with Crippen LogP contribution in [0.2, 0.25) is 0 Å². The molecule has 1 aromatic heterocycles. The first-order valence-electron chi connectivity index (χ1n) is 4.98. The monoisotopic (exact) mass is 201 g/mol. The molecule has 0 fully saturated rings. The van der Waals surface area contributed by atoms with Crippen molar-refractivity contribution in [3.63, 3.8) is 0 Å². The highest BCUT2D eigenvalue weighted by Gasteiger charge is 2.08. The largest absolute Gasteiger partial charge is 0.383 e. The molecule has 15 heavy (non-hydrogen) atoms. The van der Waals surface area contributed by atoms with Crippen LogP contribution >= 0.6 is 0 Å². The molecule has 3 nitrogen and oxygen atoms in total. The van der Waals surface area contributed by atoms with Crippen molar-refractivity contribution in [1.29, 1.82) is 0 Å². The minimum atomic E-state index is 0.560. The summed E-state index contributed by atoms with van der Waals surface area (Å²) in [4.78, 5) is 4.11. The van der Waals surface area contributed by atoms with Gasteiger partial charge >= 0.3 is 0 Å². The van der Waals surface area contributed by atoms with Gasteiger partial charge in [-0.1, -0.05) is 0 Å². The third-order valence-corrected chi connectivity index (χ3v) is 2.98. The standard InChI is InChI=1S/C12H15N3/c1-7-8(2)11-9(5-10(7)6-13)3-4-15-12(11)14/h3-5H,6,13H2,1-2H3,(H2,14,15). The number of aryl methyl sites for hydroxylation is 1. The van der Waals surface area contributed by atoms with Crippen LogP contribution in [0.15, 0.2) is 18.3 Å². The van der Waals surface area contributed by atoms with E-state index in [4.69, 9.17) is 11.5 Å². The van der Waals surface area contributed by atoms with Crippen molar-refractivity contribution in [2.75, 3.05) is 5.73 Å². The number of hydrogen-bond acceptors (Lipinski definition) is 3. The van der Waals surface area contributed by atoms with Crippen molar-refractivity contribution in [2.24, 2.45) is 5.73 Å². The second-order valence-electron chi connectivity index (χ2n) is 3.78. The average molecular weight is 201 g/mol. The summed E-state index contributed by atoms with van der Waals surface area (Å²) >= 11 is 0. The van der Waals surface area contributed by atoms with Crippen LogP contribution in [-0.4, -0.2) is 4.98 Å². The molecular formula is C12H15N3. The quantitative estimate of drug-likeness (QED) is 0.740. The number of hydrogen-bond donors (Lipinski definition) is 2. The molecule has 0 atom stereocenters. The summed E-state index contributed by atoms with van der Waals surface area (Å²) in [6.45, 7) is 4.70. The minimum Gasteiger partial charge on any atom is -0.383 e.